The molecule has 0 radical (unpaired) electrons. The summed E-state index contributed by atoms with van der Waals surface area (Å²) in [5, 5.41) is 11.3. The maximum atomic E-state index is 10.7. The van der Waals surface area contributed by atoms with E-state index in [-0.39, 0.29) is 10.7 Å². The van der Waals surface area contributed by atoms with E-state index in [2.05, 4.69) is 0 Å². The predicted octanol–water partition coefficient (Wildman–Crippen LogP) is 2.40. The zero-order valence-electron chi connectivity index (χ0n) is 7.89. The lowest BCUT2D eigenvalue weighted by Gasteiger charge is -1.99. The second kappa shape index (κ2) is 3.39. The minimum absolute atomic E-state index is 0.0329. The number of methoxy groups -OCH3 is 1. The summed E-state index contributed by atoms with van der Waals surface area (Å²) in [6, 6.07) is 5.26. The topological polar surface area (TPSA) is 78.4 Å². The van der Waals surface area contributed by atoms with Crippen molar-refractivity contribution < 1.29 is 9.66 Å². The standard InChI is InChI=1S/C9H8N2O3S/c1-14-6-4-2-3-5-7(10)9(11(12)13)15-8(5)6/h2-4H,10H2,1H3. The van der Waals surface area contributed by atoms with Crippen LogP contribution in [-0.4, -0.2) is 12.0 Å². The van der Waals surface area contributed by atoms with Gasteiger partial charge in [-0.05, 0) is 6.07 Å². The summed E-state index contributed by atoms with van der Waals surface area (Å²) in [5.74, 6) is 0.609. The molecule has 0 bridgehead atoms. The average Bonchev–Trinajstić information content (AvgIpc) is 2.56. The van der Waals surface area contributed by atoms with Gasteiger partial charge in [0, 0.05) is 5.39 Å². The van der Waals surface area contributed by atoms with Crippen LogP contribution in [0.5, 0.6) is 5.75 Å². The summed E-state index contributed by atoms with van der Waals surface area (Å²) >= 11 is 1.03. The van der Waals surface area contributed by atoms with Gasteiger partial charge in [-0.15, -0.1) is 0 Å². The summed E-state index contributed by atoms with van der Waals surface area (Å²) in [6.45, 7) is 0. The summed E-state index contributed by atoms with van der Waals surface area (Å²) in [7, 11) is 1.52. The number of benzene rings is 1. The zero-order chi connectivity index (χ0) is 11.0. The van der Waals surface area contributed by atoms with Crippen molar-refractivity contribution in [3.8, 4) is 5.75 Å². The molecule has 0 aliphatic rings. The van der Waals surface area contributed by atoms with Crippen LogP contribution < -0.4 is 10.5 Å². The molecular weight excluding hydrogens is 216 g/mol. The number of fused-ring (bicyclic) bond motifs is 1. The molecule has 78 valence electrons. The number of nitrogen functional groups attached to an aromatic ring is 1. The zero-order valence-corrected chi connectivity index (χ0v) is 8.71. The van der Waals surface area contributed by atoms with Crippen LogP contribution in [0.2, 0.25) is 0 Å². The van der Waals surface area contributed by atoms with Crippen LogP contribution in [0.3, 0.4) is 0 Å². The average molecular weight is 224 g/mol. The third kappa shape index (κ3) is 1.39. The molecule has 6 heteroatoms. The molecule has 0 spiro atoms. The highest BCUT2D eigenvalue weighted by Gasteiger charge is 2.20. The lowest BCUT2D eigenvalue weighted by Crippen LogP contribution is -1.90. The Hall–Kier alpha value is -1.82. The van der Waals surface area contributed by atoms with E-state index >= 15 is 0 Å². The molecule has 2 N–H and O–H groups in total. The van der Waals surface area contributed by atoms with Crippen LogP contribution >= 0.6 is 11.3 Å². The lowest BCUT2D eigenvalue weighted by atomic mass is 10.2. The number of thiophene rings is 1. The van der Waals surface area contributed by atoms with Crippen LogP contribution in [0.1, 0.15) is 0 Å². The Balaban J connectivity index is 2.81. The predicted molar refractivity (Wildman–Crippen MR) is 59.4 cm³/mol. The van der Waals surface area contributed by atoms with Gasteiger partial charge in [-0.1, -0.05) is 23.5 Å². The fraction of sp³-hybridized carbons (Fsp3) is 0.111. The quantitative estimate of drug-likeness (QED) is 0.627. The summed E-state index contributed by atoms with van der Waals surface area (Å²) in [5.41, 5.74) is 5.88. The summed E-state index contributed by atoms with van der Waals surface area (Å²) in [6.07, 6.45) is 0. The molecule has 15 heavy (non-hydrogen) atoms. The molecular formula is C9H8N2O3S. The monoisotopic (exact) mass is 224 g/mol. The first kappa shape index (κ1) is 9.72. The SMILES string of the molecule is COc1cccc2c(N)c([N+](=O)[O-])sc12. The van der Waals surface area contributed by atoms with Crippen molar-refractivity contribution in [1.29, 1.82) is 0 Å². The van der Waals surface area contributed by atoms with E-state index in [1.54, 1.807) is 18.2 Å². The van der Waals surface area contributed by atoms with E-state index < -0.39 is 4.92 Å². The largest absolute Gasteiger partial charge is 0.495 e. The van der Waals surface area contributed by atoms with Gasteiger partial charge in [-0.3, -0.25) is 10.1 Å². The van der Waals surface area contributed by atoms with Gasteiger partial charge in [0.2, 0.25) is 0 Å². The molecule has 1 aromatic heterocycles. The van der Waals surface area contributed by atoms with Gasteiger partial charge >= 0.3 is 5.00 Å². The molecule has 1 aromatic carbocycles. The molecule has 0 saturated heterocycles. The van der Waals surface area contributed by atoms with Crippen molar-refractivity contribution in [2.45, 2.75) is 0 Å². The number of hydrogen-bond acceptors (Lipinski definition) is 5. The Bertz CT molecular complexity index is 535. The molecule has 2 aromatic rings. The highest BCUT2D eigenvalue weighted by Crippen LogP contribution is 2.43. The van der Waals surface area contributed by atoms with E-state index in [1.807, 2.05) is 0 Å². The normalized spacial score (nSPS) is 10.5. The van der Waals surface area contributed by atoms with E-state index in [4.69, 9.17) is 10.5 Å². The van der Waals surface area contributed by atoms with E-state index in [1.165, 1.54) is 7.11 Å². The molecule has 2 rings (SSSR count). The number of hydrogen-bond donors (Lipinski definition) is 1. The number of rotatable bonds is 2. The molecule has 0 atom stereocenters. The maximum absolute atomic E-state index is 10.7. The van der Waals surface area contributed by atoms with Gasteiger partial charge in [0.15, 0.2) is 0 Å². The van der Waals surface area contributed by atoms with Crippen molar-refractivity contribution in [3.63, 3.8) is 0 Å². The van der Waals surface area contributed by atoms with E-state index in [0.29, 0.717) is 15.8 Å². The number of ether oxygens (including phenoxy) is 1. The van der Waals surface area contributed by atoms with Gasteiger partial charge in [0.25, 0.3) is 0 Å². The van der Waals surface area contributed by atoms with Crippen LogP contribution in [0.4, 0.5) is 10.7 Å². The number of anilines is 1. The fourth-order valence-corrected chi connectivity index (χ4v) is 2.42. The van der Waals surface area contributed by atoms with Crippen molar-refractivity contribution in [3.05, 3.63) is 28.3 Å². The number of nitrogens with two attached hydrogens (primary N) is 1. The molecule has 0 aliphatic carbocycles. The Morgan fingerprint density at radius 3 is 2.87 bits per heavy atom. The Morgan fingerprint density at radius 1 is 1.53 bits per heavy atom. The van der Waals surface area contributed by atoms with Gasteiger partial charge in [-0.2, -0.15) is 0 Å². The summed E-state index contributed by atoms with van der Waals surface area (Å²) in [4.78, 5) is 10.2. The van der Waals surface area contributed by atoms with Crippen molar-refractivity contribution in [2.24, 2.45) is 0 Å². The number of nitrogens with zero attached hydrogens (tertiary/aromatic N) is 1. The Labute approximate surface area is 89.2 Å². The summed E-state index contributed by atoms with van der Waals surface area (Å²) < 4.78 is 5.82. The van der Waals surface area contributed by atoms with Crippen molar-refractivity contribution >= 4 is 32.1 Å². The second-order valence-corrected chi connectivity index (χ2v) is 3.91. The first-order valence-electron chi connectivity index (χ1n) is 4.14. The molecule has 0 aliphatic heterocycles. The van der Waals surface area contributed by atoms with Crippen LogP contribution in [0.25, 0.3) is 10.1 Å². The minimum atomic E-state index is -0.473. The smallest absolute Gasteiger partial charge is 0.348 e. The van der Waals surface area contributed by atoms with E-state index in [9.17, 15) is 10.1 Å². The maximum Gasteiger partial charge on any atom is 0.348 e. The lowest BCUT2D eigenvalue weighted by molar-refractivity contribution is -0.379. The van der Waals surface area contributed by atoms with Crippen LogP contribution in [0.15, 0.2) is 18.2 Å². The highest BCUT2D eigenvalue weighted by molar-refractivity contribution is 7.23. The Morgan fingerprint density at radius 2 is 2.27 bits per heavy atom. The number of nitro groups is 1. The second-order valence-electron chi connectivity index (χ2n) is 2.91. The van der Waals surface area contributed by atoms with Crippen LogP contribution in [-0.2, 0) is 0 Å². The van der Waals surface area contributed by atoms with E-state index in [0.717, 1.165) is 11.3 Å². The van der Waals surface area contributed by atoms with Crippen LogP contribution in [0, 0.1) is 10.1 Å². The molecule has 1 heterocycles. The van der Waals surface area contributed by atoms with Gasteiger partial charge in [-0.25, -0.2) is 0 Å². The van der Waals surface area contributed by atoms with Crippen molar-refractivity contribution in [1.82, 2.24) is 0 Å². The third-order valence-corrected chi connectivity index (χ3v) is 3.27. The third-order valence-electron chi connectivity index (χ3n) is 2.08. The molecule has 5 nitrogen and oxygen atoms in total. The van der Waals surface area contributed by atoms with Gasteiger partial charge in [0.05, 0.1) is 16.7 Å². The molecule has 0 amide bonds. The molecule has 0 saturated carbocycles. The first-order valence-corrected chi connectivity index (χ1v) is 4.96. The molecule has 0 unspecified atom stereocenters. The highest BCUT2D eigenvalue weighted by atomic mass is 32.1. The molecule has 0 fully saturated rings. The van der Waals surface area contributed by atoms with Gasteiger partial charge in [0.1, 0.15) is 11.4 Å². The Kier molecular flexibility index (Phi) is 2.20. The van der Waals surface area contributed by atoms with Gasteiger partial charge < -0.3 is 10.5 Å². The first-order chi connectivity index (χ1) is 7.15. The van der Waals surface area contributed by atoms with Crippen molar-refractivity contribution in [2.75, 3.05) is 12.8 Å². The minimum Gasteiger partial charge on any atom is -0.495 e. The fourth-order valence-electron chi connectivity index (χ4n) is 1.40.